The van der Waals surface area contributed by atoms with E-state index < -0.39 is 0 Å². The molecule has 0 heterocycles. The van der Waals surface area contributed by atoms with Crippen LogP contribution in [0.4, 0.5) is 0 Å². The molecule has 1 aromatic rings. The average molecular weight is 192 g/mol. The third-order valence-corrected chi connectivity index (χ3v) is 2.53. The Morgan fingerprint density at radius 2 is 1.79 bits per heavy atom. The molecule has 76 valence electrons. The summed E-state index contributed by atoms with van der Waals surface area (Å²) in [7, 11) is 1.42. The molecule has 0 N–H and O–H groups in total. The van der Waals surface area contributed by atoms with E-state index >= 15 is 0 Å². The SMILES string of the molecule is COC(=O)C(C)c1c(C)cccc1C. The van der Waals surface area contributed by atoms with Crippen molar-refractivity contribution in [2.75, 3.05) is 7.11 Å². The van der Waals surface area contributed by atoms with E-state index in [9.17, 15) is 4.79 Å². The second-order valence-corrected chi connectivity index (χ2v) is 3.55. The number of hydrogen-bond acceptors (Lipinski definition) is 2. The van der Waals surface area contributed by atoms with E-state index in [0.29, 0.717) is 0 Å². The summed E-state index contributed by atoms with van der Waals surface area (Å²) in [6, 6.07) is 6.03. The van der Waals surface area contributed by atoms with Crippen molar-refractivity contribution in [1.82, 2.24) is 0 Å². The zero-order valence-corrected chi connectivity index (χ0v) is 9.13. The van der Waals surface area contributed by atoms with Crippen LogP contribution in [0.2, 0.25) is 0 Å². The lowest BCUT2D eigenvalue weighted by Crippen LogP contribution is -2.13. The van der Waals surface area contributed by atoms with Crippen molar-refractivity contribution in [2.45, 2.75) is 26.7 Å². The Labute approximate surface area is 84.9 Å². The summed E-state index contributed by atoms with van der Waals surface area (Å²) in [6.45, 7) is 5.91. The van der Waals surface area contributed by atoms with Crippen molar-refractivity contribution in [2.24, 2.45) is 0 Å². The third-order valence-electron chi connectivity index (χ3n) is 2.53. The molecule has 1 rings (SSSR count). The molecule has 1 atom stereocenters. The van der Waals surface area contributed by atoms with Crippen molar-refractivity contribution >= 4 is 5.97 Å². The fraction of sp³-hybridized carbons (Fsp3) is 0.417. The van der Waals surface area contributed by atoms with Crippen molar-refractivity contribution in [3.63, 3.8) is 0 Å². The Hall–Kier alpha value is -1.31. The minimum atomic E-state index is -0.179. The average Bonchev–Trinajstić information content (AvgIpc) is 2.16. The van der Waals surface area contributed by atoms with Crippen LogP contribution >= 0.6 is 0 Å². The molecule has 0 amide bonds. The van der Waals surface area contributed by atoms with Crippen molar-refractivity contribution in [1.29, 1.82) is 0 Å². The Balaban J connectivity index is 3.11. The van der Waals surface area contributed by atoms with E-state index in [-0.39, 0.29) is 11.9 Å². The van der Waals surface area contributed by atoms with Crippen LogP contribution in [0.1, 0.15) is 29.5 Å². The summed E-state index contributed by atoms with van der Waals surface area (Å²) in [6.07, 6.45) is 0. The minimum absolute atomic E-state index is 0.178. The molecule has 0 spiro atoms. The Bertz CT molecular complexity index is 322. The largest absolute Gasteiger partial charge is 0.469 e. The van der Waals surface area contributed by atoms with Gasteiger partial charge in [-0.1, -0.05) is 18.2 Å². The molecule has 0 saturated carbocycles. The van der Waals surface area contributed by atoms with Gasteiger partial charge in [0.1, 0.15) is 0 Å². The van der Waals surface area contributed by atoms with Gasteiger partial charge in [0.05, 0.1) is 13.0 Å². The minimum Gasteiger partial charge on any atom is -0.469 e. The number of ether oxygens (including phenoxy) is 1. The molecule has 0 aliphatic carbocycles. The summed E-state index contributed by atoms with van der Waals surface area (Å²) in [5, 5.41) is 0. The lowest BCUT2D eigenvalue weighted by Gasteiger charge is -2.15. The normalized spacial score (nSPS) is 12.3. The van der Waals surface area contributed by atoms with Gasteiger partial charge >= 0.3 is 5.97 Å². The summed E-state index contributed by atoms with van der Waals surface area (Å²) >= 11 is 0. The number of carbonyl (C=O) groups excluding carboxylic acids is 1. The molecule has 2 heteroatoms. The smallest absolute Gasteiger partial charge is 0.312 e. The number of carbonyl (C=O) groups is 1. The van der Waals surface area contributed by atoms with E-state index in [2.05, 4.69) is 0 Å². The molecule has 0 aromatic heterocycles. The number of methoxy groups -OCH3 is 1. The maximum atomic E-state index is 11.4. The summed E-state index contributed by atoms with van der Waals surface area (Å²) in [5.74, 6) is -0.358. The third kappa shape index (κ3) is 1.95. The van der Waals surface area contributed by atoms with E-state index in [1.54, 1.807) is 0 Å². The lowest BCUT2D eigenvalue weighted by atomic mass is 9.92. The summed E-state index contributed by atoms with van der Waals surface area (Å²) in [5.41, 5.74) is 3.37. The fourth-order valence-corrected chi connectivity index (χ4v) is 1.80. The number of esters is 1. The molecule has 1 unspecified atom stereocenters. The summed E-state index contributed by atoms with van der Waals surface area (Å²) < 4.78 is 4.74. The van der Waals surface area contributed by atoms with Crippen molar-refractivity contribution < 1.29 is 9.53 Å². The Kier molecular flexibility index (Phi) is 3.28. The van der Waals surface area contributed by atoms with Gasteiger partial charge in [0.2, 0.25) is 0 Å². The van der Waals surface area contributed by atoms with Crippen LogP contribution < -0.4 is 0 Å². The van der Waals surface area contributed by atoms with E-state index in [0.717, 1.165) is 16.7 Å². The van der Waals surface area contributed by atoms with Crippen LogP contribution in [0.15, 0.2) is 18.2 Å². The van der Waals surface area contributed by atoms with Gasteiger partial charge in [0.15, 0.2) is 0 Å². The fourth-order valence-electron chi connectivity index (χ4n) is 1.80. The molecule has 0 radical (unpaired) electrons. The van der Waals surface area contributed by atoms with E-state index in [4.69, 9.17) is 4.74 Å². The highest BCUT2D eigenvalue weighted by atomic mass is 16.5. The number of benzene rings is 1. The maximum absolute atomic E-state index is 11.4. The van der Waals surface area contributed by atoms with E-state index in [1.807, 2.05) is 39.0 Å². The second kappa shape index (κ2) is 4.27. The monoisotopic (exact) mass is 192 g/mol. The van der Waals surface area contributed by atoms with Gasteiger partial charge in [-0.25, -0.2) is 0 Å². The topological polar surface area (TPSA) is 26.3 Å². The van der Waals surface area contributed by atoms with Crippen molar-refractivity contribution in [3.05, 3.63) is 34.9 Å². The van der Waals surface area contributed by atoms with Gasteiger partial charge in [-0.3, -0.25) is 4.79 Å². The van der Waals surface area contributed by atoms with Crippen LogP contribution in [-0.4, -0.2) is 13.1 Å². The lowest BCUT2D eigenvalue weighted by molar-refractivity contribution is -0.142. The Morgan fingerprint density at radius 1 is 1.29 bits per heavy atom. The first-order valence-corrected chi connectivity index (χ1v) is 4.72. The van der Waals surface area contributed by atoms with Gasteiger partial charge in [-0.15, -0.1) is 0 Å². The van der Waals surface area contributed by atoms with Gasteiger partial charge in [0.25, 0.3) is 0 Å². The highest BCUT2D eigenvalue weighted by Crippen LogP contribution is 2.24. The van der Waals surface area contributed by atoms with Crippen LogP contribution in [0, 0.1) is 13.8 Å². The second-order valence-electron chi connectivity index (χ2n) is 3.55. The number of rotatable bonds is 2. The highest BCUT2D eigenvalue weighted by molar-refractivity contribution is 5.78. The molecule has 0 saturated heterocycles. The standard InChI is InChI=1S/C12H16O2/c1-8-6-5-7-9(2)11(8)10(3)12(13)14-4/h5-7,10H,1-4H3. The zero-order chi connectivity index (χ0) is 10.7. The maximum Gasteiger partial charge on any atom is 0.312 e. The van der Waals surface area contributed by atoms with Gasteiger partial charge in [0, 0.05) is 0 Å². The zero-order valence-electron chi connectivity index (χ0n) is 9.13. The molecule has 0 aliphatic rings. The van der Waals surface area contributed by atoms with Crippen LogP contribution in [0.3, 0.4) is 0 Å². The number of aryl methyl sites for hydroxylation is 2. The first kappa shape index (κ1) is 10.8. The van der Waals surface area contributed by atoms with Crippen LogP contribution in [-0.2, 0) is 9.53 Å². The van der Waals surface area contributed by atoms with Crippen LogP contribution in [0.5, 0.6) is 0 Å². The summed E-state index contributed by atoms with van der Waals surface area (Å²) in [4.78, 5) is 11.4. The molecule has 14 heavy (non-hydrogen) atoms. The first-order valence-electron chi connectivity index (χ1n) is 4.72. The predicted molar refractivity (Wildman–Crippen MR) is 56.3 cm³/mol. The quantitative estimate of drug-likeness (QED) is 0.673. The van der Waals surface area contributed by atoms with Crippen LogP contribution in [0.25, 0.3) is 0 Å². The number of hydrogen-bond donors (Lipinski definition) is 0. The highest BCUT2D eigenvalue weighted by Gasteiger charge is 2.18. The molecule has 0 bridgehead atoms. The molecule has 0 fully saturated rings. The van der Waals surface area contributed by atoms with E-state index in [1.165, 1.54) is 7.11 Å². The molecular formula is C12H16O2. The van der Waals surface area contributed by atoms with Gasteiger partial charge < -0.3 is 4.74 Å². The predicted octanol–water partition coefficient (Wildman–Crippen LogP) is 2.58. The first-order chi connectivity index (χ1) is 6.57. The Morgan fingerprint density at radius 3 is 2.21 bits per heavy atom. The molecule has 1 aromatic carbocycles. The molecule has 0 aliphatic heterocycles. The molecule has 2 nitrogen and oxygen atoms in total. The van der Waals surface area contributed by atoms with Crippen molar-refractivity contribution in [3.8, 4) is 0 Å². The van der Waals surface area contributed by atoms with Gasteiger partial charge in [-0.2, -0.15) is 0 Å². The molecular weight excluding hydrogens is 176 g/mol. The van der Waals surface area contributed by atoms with Gasteiger partial charge in [-0.05, 0) is 37.5 Å².